The van der Waals surface area contributed by atoms with E-state index in [0.717, 1.165) is 27.3 Å². The molecule has 0 saturated heterocycles. The maximum absolute atomic E-state index is 12.8. The third-order valence-electron chi connectivity index (χ3n) is 4.48. The zero-order valence-electron chi connectivity index (χ0n) is 16.9. The van der Waals surface area contributed by atoms with Gasteiger partial charge in [0.1, 0.15) is 10.7 Å². The predicted octanol–water partition coefficient (Wildman–Crippen LogP) is 4.22. The van der Waals surface area contributed by atoms with Gasteiger partial charge < -0.3 is 10.6 Å². The first-order valence-corrected chi connectivity index (χ1v) is 9.85. The van der Waals surface area contributed by atoms with Gasteiger partial charge in [-0.05, 0) is 43.7 Å². The molecule has 0 radical (unpaired) electrons. The number of fused-ring (bicyclic) bond motifs is 1. The predicted molar refractivity (Wildman–Crippen MR) is 113 cm³/mol. The molecule has 0 aliphatic carbocycles. The third-order valence-corrected chi connectivity index (χ3v) is 5.66. The molecule has 0 bridgehead atoms. The molecule has 3 aromatic rings. The standard InChI is InChI=1S/C21H24N4O2S/c1-11-15-12(2)23-20(21(3,4)5)25-19(15)28-16(11)18(27)24-14-9-7-13(8-10-14)17(26)22-6/h7-10H,1-6H3,(H,22,26)(H,24,27). The Hall–Kier alpha value is -2.80. The van der Waals surface area contributed by atoms with Crippen LogP contribution in [0.2, 0.25) is 0 Å². The molecule has 0 saturated carbocycles. The number of thiophene rings is 1. The van der Waals surface area contributed by atoms with Crippen LogP contribution in [0.3, 0.4) is 0 Å². The second kappa shape index (κ2) is 7.31. The van der Waals surface area contributed by atoms with Gasteiger partial charge in [-0.15, -0.1) is 11.3 Å². The van der Waals surface area contributed by atoms with Gasteiger partial charge in [0.05, 0.1) is 10.6 Å². The first-order valence-electron chi connectivity index (χ1n) is 9.03. The van der Waals surface area contributed by atoms with Crippen molar-refractivity contribution in [3.8, 4) is 0 Å². The molecule has 0 atom stereocenters. The lowest BCUT2D eigenvalue weighted by Gasteiger charge is -2.16. The molecule has 2 heterocycles. The van der Waals surface area contributed by atoms with Crippen molar-refractivity contribution in [1.82, 2.24) is 15.3 Å². The molecule has 0 spiro atoms. The zero-order valence-corrected chi connectivity index (χ0v) is 17.7. The number of aryl methyl sites for hydroxylation is 2. The molecule has 0 aliphatic heterocycles. The van der Waals surface area contributed by atoms with Gasteiger partial charge in [0.25, 0.3) is 11.8 Å². The van der Waals surface area contributed by atoms with Crippen molar-refractivity contribution < 1.29 is 9.59 Å². The quantitative estimate of drug-likeness (QED) is 0.694. The van der Waals surface area contributed by atoms with Crippen LogP contribution >= 0.6 is 11.3 Å². The number of benzene rings is 1. The van der Waals surface area contributed by atoms with E-state index in [4.69, 9.17) is 4.98 Å². The van der Waals surface area contributed by atoms with Crippen molar-refractivity contribution in [3.63, 3.8) is 0 Å². The van der Waals surface area contributed by atoms with Crippen LogP contribution in [0.1, 0.15) is 57.9 Å². The topological polar surface area (TPSA) is 84.0 Å². The van der Waals surface area contributed by atoms with E-state index in [1.165, 1.54) is 11.3 Å². The molecule has 7 heteroatoms. The minimum absolute atomic E-state index is 0.161. The lowest BCUT2D eigenvalue weighted by atomic mass is 9.95. The number of nitrogens with one attached hydrogen (secondary N) is 2. The number of aromatic nitrogens is 2. The normalized spacial score (nSPS) is 11.5. The summed E-state index contributed by atoms with van der Waals surface area (Å²) in [6.45, 7) is 10.1. The van der Waals surface area contributed by atoms with Gasteiger partial charge in [-0.2, -0.15) is 0 Å². The van der Waals surface area contributed by atoms with Gasteiger partial charge in [0.2, 0.25) is 0 Å². The van der Waals surface area contributed by atoms with Crippen molar-refractivity contribution in [2.24, 2.45) is 0 Å². The van der Waals surface area contributed by atoms with Gasteiger partial charge in [0.15, 0.2) is 0 Å². The number of carbonyl (C=O) groups is 2. The molecule has 0 fully saturated rings. The number of carbonyl (C=O) groups excluding carboxylic acids is 2. The average Bonchev–Trinajstić information content (AvgIpc) is 2.98. The average molecular weight is 397 g/mol. The summed E-state index contributed by atoms with van der Waals surface area (Å²) in [4.78, 5) is 35.3. The number of hydrogen-bond acceptors (Lipinski definition) is 5. The molecule has 6 nitrogen and oxygen atoms in total. The molecule has 146 valence electrons. The molecule has 3 rings (SSSR count). The van der Waals surface area contributed by atoms with Crippen LogP contribution in [-0.4, -0.2) is 28.8 Å². The van der Waals surface area contributed by atoms with E-state index in [9.17, 15) is 9.59 Å². The van der Waals surface area contributed by atoms with Crippen molar-refractivity contribution >= 4 is 39.1 Å². The Kier molecular flexibility index (Phi) is 5.21. The van der Waals surface area contributed by atoms with Gasteiger partial charge in [0, 0.05) is 29.1 Å². The third kappa shape index (κ3) is 3.75. The summed E-state index contributed by atoms with van der Waals surface area (Å²) in [5.74, 6) is 0.419. The molecule has 1 aromatic carbocycles. The van der Waals surface area contributed by atoms with E-state index in [-0.39, 0.29) is 17.2 Å². The Labute approximate surface area is 168 Å². The SMILES string of the molecule is CNC(=O)c1ccc(NC(=O)c2sc3nc(C(C)(C)C)nc(C)c3c2C)cc1. The van der Waals surface area contributed by atoms with Crippen LogP contribution in [0.4, 0.5) is 5.69 Å². The van der Waals surface area contributed by atoms with Crippen LogP contribution in [-0.2, 0) is 5.41 Å². The van der Waals surface area contributed by atoms with E-state index in [0.29, 0.717) is 16.1 Å². The summed E-state index contributed by atoms with van der Waals surface area (Å²) in [6, 6.07) is 6.79. The summed E-state index contributed by atoms with van der Waals surface area (Å²) in [6.07, 6.45) is 0. The summed E-state index contributed by atoms with van der Waals surface area (Å²) < 4.78 is 0. The molecule has 0 aliphatic rings. The van der Waals surface area contributed by atoms with Gasteiger partial charge in [-0.25, -0.2) is 9.97 Å². The molecule has 2 N–H and O–H groups in total. The lowest BCUT2D eigenvalue weighted by Crippen LogP contribution is -2.17. The molecule has 28 heavy (non-hydrogen) atoms. The Morgan fingerprint density at radius 1 is 1.00 bits per heavy atom. The van der Waals surface area contributed by atoms with Crippen LogP contribution in [0.25, 0.3) is 10.2 Å². The van der Waals surface area contributed by atoms with Crippen LogP contribution < -0.4 is 10.6 Å². The monoisotopic (exact) mass is 396 g/mol. The Morgan fingerprint density at radius 3 is 2.21 bits per heavy atom. The fraction of sp³-hybridized carbons (Fsp3) is 0.333. The number of anilines is 1. The first kappa shape index (κ1) is 19.9. The number of amides is 2. The summed E-state index contributed by atoms with van der Waals surface area (Å²) in [5, 5.41) is 6.42. The minimum atomic E-state index is -0.190. The maximum atomic E-state index is 12.8. The van der Waals surface area contributed by atoms with Crippen molar-refractivity contribution in [3.05, 3.63) is 51.8 Å². The maximum Gasteiger partial charge on any atom is 0.266 e. The van der Waals surface area contributed by atoms with Crippen LogP contribution in [0, 0.1) is 13.8 Å². The van der Waals surface area contributed by atoms with E-state index in [2.05, 4.69) is 36.4 Å². The highest BCUT2D eigenvalue weighted by molar-refractivity contribution is 7.20. The highest BCUT2D eigenvalue weighted by Gasteiger charge is 2.23. The van der Waals surface area contributed by atoms with Crippen molar-refractivity contribution in [1.29, 1.82) is 0 Å². The van der Waals surface area contributed by atoms with E-state index >= 15 is 0 Å². The van der Waals surface area contributed by atoms with Crippen LogP contribution in [0.5, 0.6) is 0 Å². The van der Waals surface area contributed by atoms with Gasteiger partial charge in [-0.1, -0.05) is 20.8 Å². The van der Waals surface area contributed by atoms with Crippen molar-refractivity contribution in [2.75, 3.05) is 12.4 Å². The number of hydrogen-bond donors (Lipinski definition) is 2. The minimum Gasteiger partial charge on any atom is -0.355 e. The van der Waals surface area contributed by atoms with Gasteiger partial charge >= 0.3 is 0 Å². The highest BCUT2D eigenvalue weighted by Crippen LogP contribution is 2.33. The summed E-state index contributed by atoms with van der Waals surface area (Å²) in [5.41, 5.74) is 2.79. The zero-order chi connectivity index (χ0) is 20.6. The second-order valence-corrected chi connectivity index (χ2v) is 8.73. The fourth-order valence-electron chi connectivity index (χ4n) is 2.93. The number of nitrogens with zero attached hydrogens (tertiary/aromatic N) is 2. The number of rotatable bonds is 3. The fourth-order valence-corrected chi connectivity index (χ4v) is 4.06. The van der Waals surface area contributed by atoms with E-state index < -0.39 is 0 Å². The molecule has 0 unspecified atom stereocenters. The molecular formula is C21H24N4O2S. The van der Waals surface area contributed by atoms with Crippen molar-refractivity contribution in [2.45, 2.75) is 40.0 Å². The Bertz CT molecular complexity index is 1060. The lowest BCUT2D eigenvalue weighted by molar-refractivity contribution is 0.0962. The first-order chi connectivity index (χ1) is 13.1. The van der Waals surface area contributed by atoms with E-state index in [1.807, 2.05) is 13.8 Å². The second-order valence-electron chi connectivity index (χ2n) is 7.73. The molecule has 2 amide bonds. The van der Waals surface area contributed by atoms with Crippen LogP contribution in [0.15, 0.2) is 24.3 Å². The van der Waals surface area contributed by atoms with Gasteiger partial charge in [-0.3, -0.25) is 9.59 Å². The largest absolute Gasteiger partial charge is 0.355 e. The molecular weight excluding hydrogens is 372 g/mol. The Balaban J connectivity index is 1.92. The molecule has 2 aromatic heterocycles. The summed E-state index contributed by atoms with van der Waals surface area (Å²) in [7, 11) is 1.58. The van der Waals surface area contributed by atoms with E-state index in [1.54, 1.807) is 31.3 Å². The Morgan fingerprint density at radius 2 is 1.64 bits per heavy atom. The summed E-state index contributed by atoms with van der Waals surface area (Å²) >= 11 is 1.38. The smallest absolute Gasteiger partial charge is 0.266 e. The highest BCUT2D eigenvalue weighted by atomic mass is 32.1.